The van der Waals surface area contributed by atoms with Gasteiger partial charge in [-0.2, -0.15) is 5.10 Å². The molecule has 3 aromatic heterocycles. The van der Waals surface area contributed by atoms with E-state index in [1.54, 1.807) is 12.4 Å². The van der Waals surface area contributed by atoms with Crippen LogP contribution in [0.2, 0.25) is 0 Å². The first-order valence-electron chi connectivity index (χ1n) is 10.3. The molecule has 0 amide bonds. The van der Waals surface area contributed by atoms with E-state index in [2.05, 4.69) is 15.0 Å². The van der Waals surface area contributed by atoms with Gasteiger partial charge in [-0.25, -0.2) is 4.98 Å². The zero-order valence-electron chi connectivity index (χ0n) is 17.1. The number of aliphatic hydroxyl groups excluding tert-OH is 1. The van der Waals surface area contributed by atoms with Crippen LogP contribution in [0.4, 0.5) is 11.5 Å². The van der Waals surface area contributed by atoms with Gasteiger partial charge in [-0.3, -0.25) is 15.1 Å². The maximum Gasteiger partial charge on any atom is 0.129 e. The Kier molecular flexibility index (Phi) is 5.76. The lowest BCUT2D eigenvalue weighted by molar-refractivity contribution is 0.174. The molecule has 4 N–H and O–H groups in total. The van der Waals surface area contributed by atoms with Crippen LogP contribution >= 0.6 is 0 Å². The van der Waals surface area contributed by atoms with E-state index in [-0.39, 0.29) is 11.8 Å². The highest BCUT2D eigenvalue weighted by atomic mass is 16.3. The SMILES string of the molecule is CCn1cc(-c2cc(C(=N)c3cccc(N4CCCCC(O)C4)n3)c(N)cn2)cn1. The lowest BCUT2D eigenvalue weighted by atomic mass is 10.0. The Labute approximate surface area is 175 Å². The molecule has 8 heteroatoms. The van der Waals surface area contributed by atoms with Crippen molar-refractivity contribution in [3.05, 3.63) is 54.1 Å². The molecule has 1 unspecified atom stereocenters. The molecule has 0 saturated carbocycles. The maximum absolute atomic E-state index is 10.1. The molecule has 8 nitrogen and oxygen atoms in total. The number of hydrogen-bond donors (Lipinski definition) is 3. The summed E-state index contributed by atoms with van der Waals surface area (Å²) < 4.78 is 1.83. The molecule has 0 bridgehead atoms. The van der Waals surface area contributed by atoms with Gasteiger partial charge >= 0.3 is 0 Å². The Balaban J connectivity index is 1.63. The van der Waals surface area contributed by atoms with Crippen molar-refractivity contribution in [1.82, 2.24) is 19.7 Å². The van der Waals surface area contributed by atoms with E-state index in [4.69, 9.17) is 16.1 Å². The molecule has 0 aliphatic carbocycles. The fourth-order valence-electron chi connectivity index (χ4n) is 3.71. The number of aromatic nitrogens is 4. The van der Waals surface area contributed by atoms with E-state index in [1.165, 1.54) is 0 Å². The molecule has 156 valence electrons. The normalized spacial score (nSPS) is 17.0. The Morgan fingerprint density at radius 1 is 1.30 bits per heavy atom. The molecule has 1 aliphatic heterocycles. The van der Waals surface area contributed by atoms with Gasteiger partial charge in [-0.1, -0.05) is 6.07 Å². The summed E-state index contributed by atoms with van der Waals surface area (Å²) in [5.74, 6) is 0.773. The lowest BCUT2D eigenvalue weighted by Crippen LogP contribution is -2.31. The van der Waals surface area contributed by atoms with Crippen molar-refractivity contribution in [1.29, 1.82) is 5.41 Å². The van der Waals surface area contributed by atoms with Gasteiger partial charge in [0.15, 0.2) is 0 Å². The fraction of sp³-hybridized carbons (Fsp3) is 0.364. The molecule has 30 heavy (non-hydrogen) atoms. The van der Waals surface area contributed by atoms with Crippen molar-refractivity contribution in [2.45, 2.75) is 38.8 Å². The molecule has 0 spiro atoms. The first kappa shape index (κ1) is 20.0. The lowest BCUT2D eigenvalue weighted by Gasteiger charge is -2.23. The Bertz CT molecular complexity index is 1050. The van der Waals surface area contributed by atoms with Crippen LogP contribution < -0.4 is 10.6 Å². The summed E-state index contributed by atoms with van der Waals surface area (Å²) in [5.41, 5.74) is 9.57. The Morgan fingerprint density at radius 2 is 2.17 bits per heavy atom. The summed E-state index contributed by atoms with van der Waals surface area (Å²) in [6.45, 7) is 4.21. The van der Waals surface area contributed by atoms with E-state index >= 15 is 0 Å². The van der Waals surface area contributed by atoms with Crippen molar-refractivity contribution in [2.24, 2.45) is 0 Å². The zero-order valence-corrected chi connectivity index (χ0v) is 17.1. The first-order chi connectivity index (χ1) is 14.5. The Hall–Kier alpha value is -3.26. The summed E-state index contributed by atoms with van der Waals surface area (Å²) in [5, 5.41) is 23.2. The highest BCUT2D eigenvalue weighted by molar-refractivity contribution is 6.13. The number of anilines is 2. The number of nitrogens with two attached hydrogens (primary N) is 1. The smallest absolute Gasteiger partial charge is 0.129 e. The van der Waals surface area contributed by atoms with Crippen molar-refractivity contribution in [3.8, 4) is 11.3 Å². The molecular weight excluding hydrogens is 378 g/mol. The number of nitrogens with zero attached hydrogens (tertiary/aromatic N) is 5. The fourth-order valence-corrected chi connectivity index (χ4v) is 3.71. The molecule has 1 atom stereocenters. The van der Waals surface area contributed by atoms with Crippen LogP contribution in [0, 0.1) is 5.41 Å². The van der Waals surface area contributed by atoms with Crippen LogP contribution in [0.25, 0.3) is 11.3 Å². The monoisotopic (exact) mass is 405 g/mol. The number of aliphatic hydroxyl groups is 1. The second-order valence-electron chi connectivity index (χ2n) is 7.59. The van der Waals surface area contributed by atoms with Crippen LogP contribution in [0.15, 0.2) is 42.9 Å². The molecule has 0 radical (unpaired) electrons. The second-order valence-corrected chi connectivity index (χ2v) is 7.59. The van der Waals surface area contributed by atoms with E-state index in [1.807, 2.05) is 42.1 Å². The summed E-state index contributed by atoms with van der Waals surface area (Å²) >= 11 is 0. The van der Waals surface area contributed by atoms with Crippen molar-refractivity contribution >= 4 is 17.2 Å². The summed E-state index contributed by atoms with van der Waals surface area (Å²) in [4.78, 5) is 11.2. The number of hydrogen-bond acceptors (Lipinski definition) is 7. The zero-order chi connectivity index (χ0) is 21.1. The number of pyridine rings is 2. The highest BCUT2D eigenvalue weighted by Crippen LogP contribution is 2.24. The first-order valence-corrected chi connectivity index (χ1v) is 10.3. The number of rotatable bonds is 5. The van der Waals surface area contributed by atoms with Gasteiger partial charge in [0.05, 0.1) is 41.3 Å². The van der Waals surface area contributed by atoms with Gasteiger partial charge in [-0.15, -0.1) is 0 Å². The Morgan fingerprint density at radius 3 is 2.97 bits per heavy atom. The quantitative estimate of drug-likeness (QED) is 0.562. The molecule has 1 fully saturated rings. The van der Waals surface area contributed by atoms with Crippen molar-refractivity contribution < 1.29 is 5.11 Å². The van der Waals surface area contributed by atoms with Crippen LogP contribution in [0.3, 0.4) is 0 Å². The highest BCUT2D eigenvalue weighted by Gasteiger charge is 2.19. The molecule has 4 rings (SSSR count). The minimum atomic E-state index is -0.347. The standard InChI is InChI=1S/C22H27N7O/c1-2-29-13-15(11-26-29)20-10-17(18(23)12-25-20)22(24)19-7-5-8-21(27-19)28-9-4-3-6-16(30)14-28/h5,7-8,10-13,16,24,30H,2-4,6,9,14,23H2,1H3. The van der Waals surface area contributed by atoms with E-state index in [0.29, 0.717) is 23.5 Å². The van der Waals surface area contributed by atoms with E-state index in [9.17, 15) is 5.11 Å². The molecule has 1 aliphatic rings. The minimum Gasteiger partial charge on any atom is -0.397 e. The number of β-amino-alcohol motifs (C(OH)–C–C–N with tert-alkyl or cyclic N) is 1. The molecule has 3 aromatic rings. The number of nitrogen functional groups attached to an aromatic ring is 1. The predicted molar refractivity (Wildman–Crippen MR) is 118 cm³/mol. The number of nitrogens with one attached hydrogen (secondary N) is 1. The number of aryl methyl sites for hydroxylation is 1. The summed E-state index contributed by atoms with van der Waals surface area (Å²) in [6, 6.07) is 7.45. The summed E-state index contributed by atoms with van der Waals surface area (Å²) in [6.07, 6.45) is 7.77. The molecule has 1 saturated heterocycles. The molecule has 4 heterocycles. The van der Waals surface area contributed by atoms with Crippen molar-refractivity contribution in [3.63, 3.8) is 0 Å². The molecule has 0 aromatic carbocycles. The third-order valence-electron chi connectivity index (χ3n) is 5.42. The van der Waals surface area contributed by atoms with Gasteiger partial charge in [0.1, 0.15) is 5.82 Å². The van der Waals surface area contributed by atoms with Gasteiger partial charge in [0, 0.05) is 37.0 Å². The van der Waals surface area contributed by atoms with Crippen molar-refractivity contribution in [2.75, 3.05) is 23.7 Å². The van der Waals surface area contributed by atoms with E-state index in [0.717, 1.165) is 49.4 Å². The van der Waals surface area contributed by atoms with Crippen LogP contribution in [-0.2, 0) is 6.54 Å². The minimum absolute atomic E-state index is 0.247. The largest absolute Gasteiger partial charge is 0.397 e. The third kappa shape index (κ3) is 4.18. The van der Waals surface area contributed by atoms with Gasteiger partial charge in [0.25, 0.3) is 0 Å². The average molecular weight is 406 g/mol. The second kappa shape index (κ2) is 8.62. The molecular formula is C22H27N7O. The van der Waals surface area contributed by atoms with Crippen LogP contribution in [0.1, 0.15) is 37.4 Å². The topological polar surface area (TPSA) is 117 Å². The predicted octanol–water partition coefficient (Wildman–Crippen LogP) is 2.71. The van der Waals surface area contributed by atoms with Gasteiger partial charge in [0.2, 0.25) is 0 Å². The van der Waals surface area contributed by atoms with E-state index < -0.39 is 0 Å². The van der Waals surface area contributed by atoms with Crippen LogP contribution in [0.5, 0.6) is 0 Å². The van der Waals surface area contributed by atoms with Gasteiger partial charge in [-0.05, 0) is 44.4 Å². The van der Waals surface area contributed by atoms with Gasteiger partial charge < -0.3 is 15.7 Å². The van der Waals surface area contributed by atoms with Crippen LogP contribution in [-0.4, -0.2) is 49.8 Å². The summed E-state index contributed by atoms with van der Waals surface area (Å²) in [7, 11) is 0. The third-order valence-corrected chi connectivity index (χ3v) is 5.42. The average Bonchev–Trinajstić information content (AvgIpc) is 3.14. The maximum atomic E-state index is 10.1.